The molecule has 1 heterocycles. The van der Waals surface area contributed by atoms with Crippen molar-refractivity contribution in [2.75, 3.05) is 33.4 Å². The van der Waals surface area contributed by atoms with Gasteiger partial charge in [-0.1, -0.05) is 91.0 Å². The Hall–Kier alpha value is -4.75. The van der Waals surface area contributed by atoms with Crippen molar-refractivity contribution < 1.29 is 18.7 Å². The van der Waals surface area contributed by atoms with Crippen molar-refractivity contribution in [1.29, 1.82) is 0 Å². The first kappa shape index (κ1) is 29.7. The molecule has 1 aromatic heterocycles. The first-order chi connectivity index (χ1) is 21.0. The molecule has 0 fully saturated rings. The average molecular weight is 578 g/mol. The number of carbonyl (C=O) groups is 2. The molecule has 0 spiro atoms. The first-order valence-electron chi connectivity index (χ1n) is 14.5. The zero-order chi connectivity index (χ0) is 30.0. The number of nitrogens with zero attached hydrogens (tertiary/aromatic N) is 2. The largest absolute Gasteiger partial charge is 0.383 e. The van der Waals surface area contributed by atoms with E-state index in [-0.39, 0.29) is 30.7 Å². The zero-order valence-electron chi connectivity index (χ0n) is 24.3. The van der Waals surface area contributed by atoms with Gasteiger partial charge in [-0.3, -0.25) is 9.59 Å². The molecule has 7 heteroatoms. The number of hydrogen-bond acceptors (Lipinski definition) is 3. The number of ether oxygens (including phenoxy) is 1. The first-order valence-corrected chi connectivity index (χ1v) is 14.5. The van der Waals surface area contributed by atoms with E-state index in [1.54, 1.807) is 29.0 Å². The second-order valence-electron chi connectivity index (χ2n) is 10.6. The molecule has 0 saturated carbocycles. The Morgan fingerprint density at radius 2 is 1.42 bits per heavy atom. The minimum Gasteiger partial charge on any atom is -0.383 e. The van der Waals surface area contributed by atoms with Crippen molar-refractivity contribution in [2.45, 2.75) is 18.9 Å². The van der Waals surface area contributed by atoms with E-state index < -0.39 is 5.92 Å². The highest BCUT2D eigenvalue weighted by molar-refractivity contribution is 5.91. The number of hydrogen-bond donors (Lipinski definition) is 1. The van der Waals surface area contributed by atoms with E-state index in [4.69, 9.17) is 4.74 Å². The molecule has 220 valence electrons. The van der Waals surface area contributed by atoms with Crippen LogP contribution in [-0.4, -0.2) is 59.9 Å². The summed E-state index contributed by atoms with van der Waals surface area (Å²) in [5.41, 5.74) is 4.67. The number of methoxy groups -OCH3 is 1. The second kappa shape index (κ2) is 14.4. The third-order valence-electron chi connectivity index (χ3n) is 7.68. The quantitative estimate of drug-likeness (QED) is 0.182. The normalized spacial score (nSPS) is 11.1. The number of halogens is 1. The third-order valence-corrected chi connectivity index (χ3v) is 7.68. The number of aromatic amines is 1. The van der Waals surface area contributed by atoms with Crippen LogP contribution in [-0.2, 0) is 27.3 Å². The van der Waals surface area contributed by atoms with Crippen LogP contribution in [0.4, 0.5) is 4.39 Å². The molecule has 6 nitrogen and oxygen atoms in total. The van der Waals surface area contributed by atoms with E-state index in [2.05, 4.69) is 11.1 Å². The molecule has 0 radical (unpaired) electrons. The number of benzene rings is 4. The van der Waals surface area contributed by atoms with Crippen molar-refractivity contribution in [3.8, 4) is 0 Å². The van der Waals surface area contributed by atoms with Crippen molar-refractivity contribution in [1.82, 2.24) is 14.8 Å². The standard InChI is InChI=1S/C36H36FN3O3/c1-43-23-22-40(36(42)35(28-10-4-2-5-11-28)29-12-6-3-7-13-29)26-34(41)39(25-27-16-18-31(37)19-17-27)21-20-30-24-38-33-15-9-8-14-32(30)33/h2-19,24,35,38H,20-23,25-26H2,1H3. The van der Waals surface area contributed by atoms with Crippen LogP contribution in [0.5, 0.6) is 0 Å². The predicted molar refractivity (Wildman–Crippen MR) is 167 cm³/mol. The molecule has 4 aromatic carbocycles. The topological polar surface area (TPSA) is 65.6 Å². The fourth-order valence-corrected chi connectivity index (χ4v) is 5.38. The SMILES string of the molecule is COCCN(CC(=O)N(CCc1c[nH]c2ccccc12)Cc1ccc(F)cc1)C(=O)C(c1ccccc1)c1ccccc1. The van der Waals surface area contributed by atoms with Crippen LogP contribution in [0.3, 0.4) is 0 Å². The monoisotopic (exact) mass is 577 g/mol. The van der Waals surface area contributed by atoms with Crippen LogP contribution >= 0.6 is 0 Å². The van der Waals surface area contributed by atoms with Gasteiger partial charge in [-0.15, -0.1) is 0 Å². The summed E-state index contributed by atoms with van der Waals surface area (Å²) in [6, 6.07) is 33.5. The summed E-state index contributed by atoms with van der Waals surface area (Å²) in [5, 5.41) is 1.11. The summed E-state index contributed by atoms with van der Waals surface area (Å²) in [4.78, 5) is 34.9. The van der Waals surface area contributed by atoms with E-state index >= 15 is 0 Å². The molecular formula is C36H36FN3O3. The fraction of sp³-hybridized carbons (Fsp3) is 0.222. The molecule has 0 aliphatic rings. The lowest BCUT2D eigenvalue weighted by atomic mass is 9.90. The molecule has 0 saturated heterocycles. The van der Waals surface area contributed by atoms with E-state index in [1.807, 2.05) is 85.1 Å². The number of fused-ring (bicyclic) bond motifs is 1. The summed E-state index contributed by atoms with van der Waals surface area (Å²) in [7, 11) is 1.58. The Bertz CT molecular complexity index is 1580. The number of para-hydroxylation sites is 1. The van der Waals surface area contributed by atoms with Crippen LogP contribution in [0.2, 0.25) is 0 Å². The number of rotatable bonds is 13. The minimum atomic E-state index is -0.566. The number of carbonyl (C=O) groups excluding carboxylic acids is 2. The maximum absolute atomic E-state index is 14.2. The lowest BCUT2D eigenvalue weighted by molar-refractivity contribution is -0.141. The van der Waals surface area contributed by atoms with Gasteiger partial charge in [-0.25, -0.2) is 4.39 Å². The smallest absolute Gasteiger partial charge is 0.242 e. The molecule has 0 atom stereocenters. The van der Waals surface area contributed by atoms with Gasteiger partial charge >= 0.3 is 0 Å². The highest BCUT2D eigenvalue weighted by Crippen LogP contribution is 2.27. The predicted octanol–water partition coefficient (Wildman–Crippen LogP) is 6.19. The Kier molecular flexibility index (Phi) is 9.97. The second-order valence-corrected chi connectivity index (χ2v) is 10.6. The van der Waals surface area contributed by atoms with Crippen molar-refractivity contribution >= 4 is 22.7 Å². The van der Waals surface area contributed by atoms with Gasteiger partial charge in [0.05, 0.1) is 19.1 Å². The van der Waals surface area contributed by atoms with E-state index in [9.17, 15) is 14.0 Å². The van der Waals surface area contributed by atoms with E-state index in [0.717, 1.165) is 33.2 Å². The van der Waals surface area contributed by atoms with Gasteiger partial charge < -0.3 is 19.5 Å². The molecule has 0 bridgehead atoms. The lowest BCUT2D eigenvalue weighted by Crippen LogP contribution is -2.46. The summed E-state index contributed by atoms with van der Waals surface area (Å²) in [6.07, 6.45) is 2.60. The van der Waals surface area contributed by atoms with Gasteiger partial charge in [-0.05, 0) is 46.9 Å². The van der Waals surface area contributed by atoms with Gasteiger partial charge in [0.2, 0.25) is 11.8 Å². The highest BCUT2D eigenvalue weighted by Gasteiger charge is 2.30. The Morgan fingerprint density at radius 3 is 2.07 bits per heavy atom. The van der Waals surface area contributed by atoms with Crippen LogP contribution in [0, 0.1) is 5.82 Å². The molecule has 0 unspecified atom stereocenters. The molecule has 0 aliphatic heterocycles. The van der Waals surface area contributed by atoms with Gasteiger partial charge in [-0.2, -0.15) is 0 Å². The number of nitrogens with one attached hydrogen (secondary N) is 1. The summed E-state index contributed by atoms with van der Waals surface area (Å²) < 4.78 is 19.0. The Balaban J connectivity index is 1.41. The minimum absolute atomic E-state index is 0.104. The van der Waals surface area contributed by atoms with Crippen molar-refractivity contribution in [2.24, 2.45) is 0 Å². The lowest BCUT2D eigenvalue weighted by Gasteiger charge is -2.30. The molecule has 43 heavy (non-hydrogen) atoms. The number of H-pyrrole nitrogens is 1. The summed E-state index contributed by atoms with van der Waals surface area (Å²) >= 11 is 0. The molecule has 2 amide bonds. The zero-order valence-corrected chi connectivity index (χ0v) is 24.3. The van der Waals surface area contributed by atoms with Gasteiger partial charge in [0, 0.05) is 43.8 Å². The average Bonchev–Trinajstić information content (AvgIpc) is 3.46. The van der Waals surface area contributed by atoms with Gasteiger partial charge in [0.1, 0.15) is 5.82 Å². The molecule has 5 aromatic rings. The Labute approximate surface area is 251 Å². The van der Waals surface area contributed by atoms with Crippen LogP contribution in [0.1, 0.15) is 28.2 Å². The molecule has 5 rings (SSSR count). The van der Waals surface area contributed by atoms with Crippen molar-refractivity contribution in [3.05, 3.63) is 143 Å². The molecular weight excluding hydrogens is 541 g/mol. The summed E-state index contributed by atoms with van der Waals surface area (Å²) in [5.74, 6) is -1.25. The summed E-state index contributed by atoms with van der Waals surface area (Å²) in [6.45, 7) is 1.19. The Morgan fingerprint density at radius 1 is 0.791 bits per heavy atom. The highest BCUT2D eigenvalue weighted by atomic mass is 19.1. The third kappa shape index (κ3) is 7.56. The van der Waals surface area contributed by atoms with Crippen molar-refractivity contribution in [3.63, 3.8) is 0 Å². The maximum Gasteiger partial charge on any atom is 0.242 e. The van der Waals surface area contributed by atoms with Crippen LogP contribution < -0.4 is 0 Å². The number of amides is 2. The number of aromatic nitrogens is 1. The molecule has 0 aliphatic carbocycles. The fourth-order valence-electron chi connectivity index (χ4n) is 5.38. The molecule has 1 N–H and O–H groups in total. The van der Waals surface area contributed by atoms with Crippen LogP contribution in [0.25, 0.3) is 10.9 Å². The van der Waals surface area contributed by atoms with Gasteiger partial charge in [0.25, 0.3) is 0 Å². The van der Waals surface area contributed by atoms with E-state index in [1.165, 1.54) is 12.1 Å². The maximum atomic E-state index is 14.2. The van der Waals surface area contributed by atoms with Gasteiger partial charge in [0.15, 0.2) is 0 Å². The van der Waals surface area contributed by atoms with Crippen LogP contribution in [0.15, 0.2) is 115 Å². The van der Waals surface area contributed by atoms with E-state index in [0.29, 0.717) is 26.1 Å².